The maximum atomic E-state index is 11.5. The second kappa shape index (κ2) is 5.80. The molecular weight excluding hydrogens is 321 g/mol. The number of hydrogen-bond donors (Lipinski definition) is 1. The highest BCUT2D eigenvalue weighted by Gasteiger charge is 2.21. The first-order valence-electron chi connectivity index (χ1n) is 5.58. The van der Waals surface area contributed by atoms with Gasteiger partial charge in [-0.1, -0.05) is 0 Å². The standard InChI is InChI=1S/C12H13BrClNO3/c1-15-12(16)10(14)7-5-8(13)11-9(6-7)17-3-2-4-18-11/h5-6,10H,2-4H2,1H3,(H,15,16). The van der Waals surface area contributed by atoms with Gasteiger partial charge in [-0.2, -0.15) is 0 Å². The van der Waals surface area contributed by atoms with Crippen LogP contribution in [0.3, 0.4) is 0 Å². The minimum Gasteiger partial charge on any atom is -0.490 e. The first kappa shape index (κ1) is 13.5. The molecule has 98 valence electrons. The number of halogens is 2. The van der Waals surface area contributed by atoms with Crippen LogP contribution in [0.1, 0.15) is 17.4 Å². The highest BCUT2D eigenvalue weighted by Crippen LogP contribution is 2.40. The smallest absolute Gasteiger partial charge is 0.242 e. The summed E-state index contributed by atoms with van der Waals surface area (Å²) in [5.41, 5.74) is 0.673. The number of alkyl halides is 1. The molecule has 1 aliphatic heterocycles. The molecule has 0 aromatic heterocycles. The third-order valence-corrected chi connectivity index (χ3v) is 3.63. The zero-order valence-electron chi connectivity index (χ0n) is 9.83. The average molecular weight is 335 g/mol. The molecule has 6 heteroatoms. The molecule has 0 spiro atoms. The number of nitrogens with one attached hydrogen (secondary N) is 1. The van der Waals surface area contributed by atoms with E-state index in [1.165, 1.54) is 0 Å². The molecule has 1 aromatic carbocycles. The molecule has 1 aliphatic rings. The summed E-state index contributed by atoms with van der Waals surface area (Å²) >= 11 is 9.49. The summed E-state index contributed by atoms with van der Waals surface area (Å²) in [6.07, 6.45) is 0.830. The van der Waals surface area contributed by atoms with Crippen LogP contribution in [0.4, 0.5) is 0 Å². The lowest BCUT2D eigenvalue weighted by Gasteiger charge is -2.14. The lowest BCUT2D eigenvalue weighted by Crippen LogP contribution is -2.22. The van der Waals surface area contributed by atoms with Gasteiger partial charge in [0.2, 0.25) is 5.91 Å². The average Bonchev–Trinajstić information content (AvgIpc) is 2.62. The van der Waals surface area contributed by atoms with Gasteiger partial charge in [0.25, 0.3) is 0 Å². The molecule has 1 heterocycles. The molecule has 2 rings (SSSR count). The van der Waals surface area contributed by atoms with Gasteiger partial charge < -0.3 is 14.8 Å². The molecular formula is C12H13BrClNO3. The van der Waals surface area contributed by atoms with Gasteiger partial charge in [-0.05, 0) is 33.6 Å². The summed E-state index contributed by atoms with van der Waals surface area (Å²) in [7, 11) is 1.55. The van der Waals surface area contributed by atoms with Crippen molar-refractivity contribution in [3.05, 3.63) is 22.2 Å². The van der Waals surface area contributed by atoms with Crippen molar-refractivity contribution in [2.45, 2.75) is 11.8 Å². The Hall–Kier alpha value is -0.940. The summed E-state index contributed by atoms with van der Waals surface area (Å²) in [6.45, 7) is 1.21. The summed E-state index contributed by atoms with van der Waals surface area (Å²) in [6, 6.07) is 3.53. The second-order valence-corrected chi connectivity index (χ2v) is 5.15. The topological polar surface area (TPSA) is 47.6 Å². The third kappa shape index (κ3) is 2.72. The van der Waals surface area contributed by atoms with Crippen molar-refractivity contribution in [1.82, 2.24) is 5.32 Å². The van der Waals surface area contributed by atoms with Crippen LogP contribution in [-0.4, -0.2) is 26.2 Å². The summed E-state index contributed by atoms with van der Waals surface area (Å²) in [5, 5.41) is 1.77. The SMILES string of the molecule is CNC(=O)C(Cl)c1cc(Br)c2c(c1)OCCCO2. The van der Waals surface area contributed by atoms with Crippen molar-refractivity contribution in [1.29, 1.82) is 0 Å². The van der Waals surface area contributed by atoms with Crippen LogP contribution in [-0.2, 0) is 4.79 Å². The van der Waals surface area contributed by atoms with Gasteiger partial charge in [-0.15, -0.1) is 11.6 Å². The van der Waals surface area contributed by atoms with Gasteiger partial charge in [0.15, 0.2) is 11.5 Å². The zero-order valence-corrected chi connectivity index (χ0v) is 12.2. The number of likely N-dealkylation sites (N-methyl/N-ethyl adjacent to an activating group) is 1. The number of rotatable bonds is 2. The molecule has 0 saturated heterocycles. The Balaban J connectivity index is 2.37. The van der Waals surface area contributed by atoms with E-state index in [1.54, 1.807) is 19.2 Å². The number of carbonyl (C=O) groups is 1. The highest BCUT2D eigenvalue weighted by molar-refractivity contribution is 9.10. The Morgan fingerprint density at radius 2 is 2.17 bits per heavy atom. The molecule has 1 atom stereocenters. The van der Waals surface area contributed by atoms with E-state index in [4.69, 9.17) is 21.1 Å². The Kier molecular flexibility index (Phi) is 4.35. The van der Waals surface area contributed by atoms with Crippen LogP contribution < -0.4 is 14.8 Å². The van der Waals surface area contributed by atoms with Gasteiger partial charge in [0.1, 0.15) is 5.38 Å². The minimum atomic E-state index is -0.747. The van der Waals surface area contributed by atoms with Crippen molar-refractivity contribution >= 4 is 33.4 Å². The third-order valence-electron chi connectivity index (χ3n) is 2.59. The number of benzene rings is 1. The van der Waals surface area contributed by atoms with E-state index < -0.39 is 5.38 Å². The fourth-order valence-electron chi connectivity index (χ4n) is 1.68. The number of fused-ring (bicyclic) bond motifs is 1. The Labute approximate surface area is 119 Å². The quantitative estimate of drug-likeness (QED) is 0.846. The molecule has 1 amide bonds. The van der Waals surface area contributed by atoms with Gasteiger partial charge in [0, 0.05) is 13.5 Å². The predicted octanol–water partition coefficient (Wildman–Crippen LogP) is 2.64. The minimum absolute atomic E-state index is 0.252. The molecule has 0 saturated carbocycles. The maximum Gasteiger partial charge on any atom is 0.242 e. The predicted molar refractivity (Wildman–Crippen MR) is 72.4 cm³/mol. The summed E-state index contributed by atoms with van der Waals surface area (Å²) < 4.78 is 11.9. The summed E-state index contributed by atoms with van der Waals surface area (Å²) in [5.74, 6) is 1.03. The van der Waals surface area contributed by atoms with E-state index in [1.807, 2.05) is 0 Å². The van der Waals surface area contributed by atoms with Crippen molar-refractivity contribution in [3.63, 3.8) is 0 Å². The van der Waals surface area contributed by atoms with Gasteiger partial charge in [-0.3, -0.25) is 4.79 Å². The molecule has 1 aromatic rings. The van der Waals surface area contributed by atoms with E-state index >= 15 is 0 Å². The fraction of sp³-hybridized carbons (Fsp3) is 0.417. The Morgan fingerprint density at radius 3 is 2.89 bits per heavy atom. The van der Waals surface area contributed by atoms with Crippen LogP contribution in [0.5, 0.6) is 11.5 Å². The normalized spacial score (nSPS) is 15.7. The van der Waals surface area contributed by atoms with Crippen molar-refractivity contribution in [2.75, 3.05) is 20.3 Å². The van der Waals surface area contributed by atoms with Crippen LogP contribution in [0.25, 0.3) is 0 Å². The van der Waals surface area contributed by atoms with Gasteiger partial charge >= 0.3 is 0 Å². The number of carbonyl (C=O) groups excluding carboxylic acids is 1. The molecule has 0 fully saturated rings. The van der Waals surface area contributed by atoms with E-state index in [0.717, 1.165) is 10.9 Å². The van der Waals surface area contributed by atoms with Gasteiger partial charge in [-0.25, -0.2) is 0 Å². The number of amides is 1. The lowest BCUT2D eigenvalue weighted by atomic mass is 10.1. The van der Waals surface area contributed by atoms with Gasteiger partial charge in [0.05, 0.1) is 17.7 Å². The van der Waals surface area contributed by atoms with Crippen LogP contribution >= 0.6 is 27.5 Å². The van der Waals surface area contributed by atoms with E-state index in [-0.39, 0.29) is 5.91 Å². The van der Waals surface area contributed by atoms with Crippen LogP contribution in [0.15, 0.2) is 16.6 Å². The zero-order chi connectivity index (χ0) is 13.1. The van der Waals surface area contributed by atoms with Crippen molar-refractivity contribution < 1.29 is 14.3 Å². The largest absolute Gasteiger partial charge is 0.490 e. The molecule has 1 unspecified atom stereocenters. The van der Waals surface area contributed by atoms with E-state index in [2.05, 4.69) is 21.2 Å². The Morgan fingerprint density at radius 1 is 1.44 bits per heavy atom. The molecule has 0 aliphatic carbocycles. The lowest BCUT2D eigenvalue weighted by molar-refractivity contribution is -0.120. The van der Waals surface area contributed by atoms with E-state index in [9.17, 15) is 4.79 Å². The molecule has 0 bridgehead atoms. The first-order valence-corrected chi connectivity index (χ1v) is 6.81. The van der Waals surface area contributed by atoms with Crippen LogP contribution in [0, 0.1) is 0 Å². The molecule has 4 nitrogen and oxygen atoms in total. The Bertz CT molecular complexity index is 467. The van der Waals surface area contributed by atoms with Crippen molar-refractivity contribution in [2.24, 2.45) is 0 Å². The highest BCUT2D eigenvalue weighted by atomic mass is 79.9. The monoisotopic (exact) mass is 333 g/mol. The molecule has 18 heavy (non-hydrogen) atoms. The molecule has 0 radical (unpaired) electrons. The maximum absolute atomic E-state index is 11.5. The van der Waals surface area contributed by atoms with Crippen LogP contribution in [0.2, 0.25) is 0 Å². The van der Waals surface area contributed by atoms with Crippen molar-refractivity contribution in [3.8, 4) is 11.5 Å². The second-order valence-electron chi connectivity index (χ2n) is 3.86. The number of hydrogen-bond acceptors (Lipinski definition) is 3. The number of ether oxygens (including phenoxy) is 2. The first-order chi connectivity index (χ1) is 8.63. The summed E-state index contributed by atoms with van der Waals surface area (Å²) in [4.78, 5) is 11.5. The molecule has 1 N–H and O–H groups in total. The fourth-order valence-corrected chi connectivity index (χ4v) is 2.48. The van der Waals surface area contributed by atoms with E-state index in [0.29, 0.717) is 30.3 Å².